The minimum absolute atomic E-state index is 0.0252. The molecule has 3 aliphatic carbocycles. The van der Waals surface area contributed by atoms with Crippen molar-refractivity contribution in [2.45, 2.75) is 71.3 Å². The molecule has 2 unspecified atom stereocenters. The van der Waals surface area contributed by atoms with Crippen LogP contribution in [0, 0.1) is 35.0 Å². The number of carboxylic acid groups (broad SMARTS) is 1. The van der Waals surface area contributed by atoms with Gasteiger partial charge in [0, 0.05) is 5.92 Å². The van der Waals surface area contributed by atoms with E-state index in [1.807, 2.05) is 6.08 Å². The molecule has 4 heteroatoms. The van der Waals surface area contributed by atoms with Crippen molar-refractivity contribution in [1.82, 2.24) is 0 Å². The molecule has 4 nitrogen and oxygen atoms in total. The van der Waals surface area contributed by atoms with E-state index in [1.165, 1.54) is 5.57 Å². The number of aliphatic hydroxyl groups excluding tert-OH is 2. The van der Waals surface area contributed by atoms with Crippen LogP contribution in [0.3, 0.4) is 0 Å². The molecule has 3 rings (SSSR count). The average Bonchev–Trinajstić information content (AvgIpc) is 3.22. The maximum Gasteiger partial charge on any atom is 0.306 e. The predicted octanol–water partition coefficient (Wildman–Crippen LogP) is 4.18. The smallest absolute Gasteiger partial charge is 0.306 e. The molecule has 3 fully saturated rings. The van der Waals surface area contributed by atoms with Crippen LogP contribution in [0.15, 0.2) is 23.8 Å². The third-order valence-corrected chi connectivity index (χ3v) is 7.63. The molecule has 152 valence electrons. The van der Waals surface area contributed by atoms with Gasteiger partial charge in [-0.1, -0.05) is 44.1 Å². The van der Waals surface area contributed by atoms with Crippen LogP contribution in [0.5, 0.6) is 0 Å². The molecule has 27 heavy (non-hydrogen) atoms. The maximum absolute atomic E-state index is 11.9. The van der Waals surface area contributed by atoms with Gasteiger partial charge >= 0.3 is 5.97 Å². The van der Waals surface area contributed by atoms with Crippen molar-refractivity contribution in [3.8, 4) is 0 Å². The molecule has 3 saturated carbocycles. The molecule has 0 aromatic rings. The number of carbonyl (C=O) groups is 1. The molecule has 0 spiro atoms. The normalized spacial score (nSPS) is 37.9. The average molecular weight is 377 g/mol. The second-order valence-electron chi connectivity index (χ2n) is 9.70. The van der Waals surface area contributed by atoms with Crippen molar-refractivity contribution < 1.29 is 20.1 Å². The highest BCUT2D eigenvalue weighted by Gasteiger charge is 2.45. The van der Waals surface area contributed by atoms with E-state index in [9.17, 15) is 15.0 Å². The van der Waals surface area contributed by atoms with Gasteiger partial charge in [0.1, 0.15) is 0 Å². The summed E-state index contributed by atoms with van der Waals surface area (Å²) in [5.41, 5.74) is 1.58. The zero-order valence-electron chi connectivity index (χ0n) is 16.8. The molecule has 3 N–H and O–H groups in total. The van der Waals surface area contributed by atoms with Gasteiger partial charge in [-0.3, -0.25) is 4.79 Å². The summed E-state index contributed by atoms with van der Waals surface area (Å²) < 4.78 is 0. The Balaban J connectivity index is 1.57. The van der Waals surface area contributed by atoms with Gasteiger partial charge in [0.2, 0.25) is 0 Å². The van der Waals surface area contributed by atoms with Crippen molar-refractivity contribution >= 4 is 5.97 Å². The van der Waals surface area contributed by atoms with Crippen LogP contribution >= 0.6 is 0 Å². The molecule has 6 atom stereocenters. The van der Waals surface area contributed by atoms with Gasteiger partial charge in [0.05, 0.1) is 18.6 Å². The first-order chi connectivity index (χ1) is 12.8. The van der Waals surface area contributed by atoms with E-state index in [-0.39, 0.29) is 30.0 Å². The quantitative estimate of drug-likeness (QED) is 0.583. The van der Waals surface area contributed by atoms with Crippen molar-refractivity contribution in [3.05, 3.63) is 23.8 Å². The Morgan fingerprint density at radius 2 is 2.11 bits per heavy atom. The highest BCUT2D eigenvalue weighted by atomic mass is 16.4. The van der Waals surface area contributed by atoms with Crippen molar-refractivity contribution in [1.29, 1.82) is 0 Å². The minimum atomic E-state index is -0.631. The number of carboxylic acids is 1. The molecule has 0 aromatic carbocycles. The van der Waals surface area contributed by atoms with Crippen LogP contribution in [0.2, 0.25) is 0 Å². The van der Waals surface area contributed by atoms with Gasteiger partial charge in [-0.25, -0.2) is 0 Å². The highest BCUT2D eigenvalue weighted by molar-refractivity contribution is 5.70. The predicted molar refractivity (Wildman–Crippen MR) is 106 cm³/mol. The van der Waals surface area contributed by atoms with E-state index in [2.05, 4.69) is 19.9 Å². The summed E-state index contributed by atoms with van der Waals surface area (Å²) in [7, 11) is 0. The maximum atomic E-state index is 11.9. The number of aliphatic carboxylic acids is 1. The number of rotatable bonds is 7. The molecule has 0 aliphatic heterocycles. The third-order valence-electron chi connectivity index (χ3n) is 7.63. The number of fused-ring (bicyclic) bond motifs is 1. The molecule has 0 saturated heterocycles. The molecule has 0 amide bonds. The molecule has 0 heterocycles. The zero-order valence-corrected chi connectivity index (χ0v) is 16.8. The Labute approximate surface area is 163 Å². The first-order valence-corrected chi connectivity index (χ1v) is 10.7. The van der Waals surface area contributed by atoms with Gasteiger partial charge in [0.25, 0.3) is 0 Å². The fraction of sp³-hybridized carbons (Fsp3) is 0.783. The second kappa shape index (κ2) is 8.48. The Hall–Kier alpha value is -1.13. The first kappa shape index (κ1) is 20.6. The molecule has 0 bridgehead atoms. The van der Waals surface area contributed by atoms with Gasteiger partial charge in [-0.2, -0.15) is 0 Å². The fourth-order valence-corrected chi connectivity index (χ4v) is 6.22. The fourth-order valence-electron chi connectivity index (χ4n) is 6.22. The summed E-state index contributed by atoms with van der Waals surface area (Å²) in [6, 6.07) is 0. The lowest BCUT2D eigenvalue weighted by molar-refractivity contribution is -0.145. The molecular weight excluding hydrogens is 340 g/mol. The standard InChI is InChI=1S/C23H36O4/c1-23(2)10-4-9-20(23)18(22(26)27)7-3-6-15-12-16-14-21(25)17(8-5-11-24)19(16)13-15/h5-6,8,16-21,24-25H,3-4,7,9-14H2,1-2H3,(H,26,27)/t16-,17-,18?,19+,20?,21-/m1/s1. The number of hydrogen-bond acceptors (Lipinski definition) is 3. The summed E-state index contributed by atoms with van der Waals surface area (Å²) in [6.07, 6.45) is 13.5. The van der Waals surface area contributed by atoms with E-state index in [0.717, 1.165) is 51.4 Å². The SMILES string of the molecule is CC1(C)CCCC1C(CCC=C1C[C@@H]2C[C@@H](O)[C@H](C=CCO)[C@H]2C1)C(=O)O. The van der Waals surface area contributed by atoms with Crippen LogP contribution in [0.1, 0.15) is 65.2 Å². The summed E-state index contributed by atoms with van der Waals surface area (Å²) in [5, 5.41) is 29.0. The number of aliphatic hydroxyl groups is 2. The Morgan fingerprint density at radius 1 is 1.33 bits per heavy atom. The minimum Gasteiger partial charge on any atom is -0.481 e. The monoisotopic (exact) mass is 376 g/mol. The molecule has 0 radical (unpaired) electrons. The molecule has 3 aliphatic rings. The van der Waals surface area contributed by atoms with Crippen molar-refractivity contribution in [2.75, 3.05) is 6.61 Å². The van der Waals surface area contributed by atoms with E-state index >= 15 is 0 Å². The van der Waals surface area contributed by atoms with Gasteiger partial charge in [0.15, 0.2) is 0 Å². The summed E-state index contributed by atoms with van der Waals surface area (Å²) in [6.45, 7) is 4.47. The summed E-state index contributed by atoms with van der Waals surface area (Å²) in [4.78, 5) is 11.9. The van der Waals surface area contributed by atoms with Gasteiger partial charge < -0.3 is 15.3 Å². The van der Waals surface area contributed by atoms with E-state index in [4.69, 9.17) is 5.11 Å². The lowest BCUT2D eigenvalue weighted by atomic mass is 9.73. The van der Waals surface area contributed by atoms with Crippen LogP contribution in [0.4, 0.5) is 0 Å². The lowest BCUT2D eigenvalue weighted by Crippen LogP contribution is -2.31. The first-order valence-electron chi connectivity index (χ1n) is 10.7. The van der Waals surface area contributed by atoms with Crippen LogP contribution in [0.25, 0.3) is 0 Å². The molecular formula is C23H36O4. The van der Waals surface area contributed by atoms with E-state index in [1.54, 1.807) is 6.08 Å². The highest BCUT2D eigenvalue weighted by Crippen LogP contribution is 2.51. The van der Waals surface area contributed by atoms with Crippen molar-refractivity contribution in [3.63, 3.8) is 0 Å². The van der Waals surface area contributed by atoms with Crippen LogP contribution in [-0.2, 0) is 4.79 Å². The van der Waals surface area contributed by atoms with E-state index < -0.39 is 5.97 Å². The van der Waals surface area contributed by atoms with Crippen LogP contribution < -0.4 is 0 Å². The van der Waals surface area contributed by atoms with E-state index in [0.29, 0.717) is 17.8 Å². The Bertz CT molecular complexity index is 591. The van der Waals surface area contributed by atoms with Gasteiger partial charge in [-0.15, -0.1) is 0 Å². The van der Waals surface area contributed by atoms with Crippen LogP contribution in [-0.4, -0.2) is 34.0 Å². The van der Waals surface area contributed by atoms with Gasteiger partial charge in [-0.05, 0) is 68.1 Å². The summed E-state index contributed by atoms with van der Waals surface area (Å²) >= 11 is 0. The zero-order chi connectivity index (χ0) is 19.6. The Kier molecular flexibility index (Phi) is 6.47. The largest absolute Gasteiger partial charge is 0.481 e. The second-order valence-corrected chi connectivity index (χ2v) is 9.70. The van der Waals surface area contributed by atoms with Crippen molar-refractivity contribution in [2.24, 2.45) is 35.0 Å². The lowest BCUT2D eigenvalue weighted by Gasteiger charge is -2.31. The topological polar surface area (TPSA) is 77.8 Å². The third kappa shape index (κ3) is 4.48. The molecule has 0 aromatic heterocycles. The number of hydrogen-bond donors (Lipinski definition) is 3. The summed E-state index contributed by atoms with van der Waals surface area (Å²) in [5.74, 6) is 0.580. The number of allylic oxidation sites excluding steroid dienone is 2. The Morgan fingerprint density at radius 3 is 2.74 bits per heavy atom.